The van der Waals surface area contributed by atoms with Crippen LogP contribution in [0.1, 0.15) is 42.1 Å². The second kappa shape index (κ2) is 6.20. The maximum atomic E-state index is 12.3. The molecule has 0 aromatic heterocycles. The molecule has 1 fully saturated rings. The number of nitrogens with zero attached hydrogens (tertiary/aromatic N) is 1. The van der Waals surface area contributed by atoms with Gasteiger partial charge in [0.1, 0.15) is 5.75 Å². The zero-order valence-electron chi connectivity index (χ0n) is 11.9. The third-order valence-electron chi connectivity index (χ3n) is 3.92. The molecule has 104 valence electrons. The minimum absolute atomic E-state index is 0.0137. The normalized spacial score (nSPS) is 18.2. The number of piperidine rings is 1. The van der Waals surface area contributed by atoms with E-state index in [-0.39, 0.29) is 17.5 Å². The number of hydrogen-bond acceptors (Lipinski definition) is 3. The lowest BCUT2D eigenvalue weighted by atomic mass is 9.97. The summed E-state index contributed by atoms with van der Waals surface area (Å²) in [7, 11) is 0. The molecule has 1 aromatic carbocycles. The first kappa shape index (κ1) is 14.1. The topological polar surface area (TPSA) is 40.5 Å². The van der Waals surface area contributed by atoms with Crippen LogP contribution in [0, 0.1) is 12.8 Å². The number of ketones is 1. The number of phenolic OH excluding ortho intramolecular Hbond substituents is 1. The molecule has 0 saturated carbocycles. The van der Waals surface area contributed by atoms with Crippen molar-refractivity contribution in [3.8, 4) is 5.75 Å². The van der Waals surface area contributed by atoms with E-state index >= 15 is 0 Å². The van der Waals surface area contributed by atoms with Gasteiger partial charge in [0.25, 0.3) is 0 Å². The van der Waals surface area contributed by atoms with Crippen LogP contribution in [0.2, 0.25) is 0 Å². The van der Waals surface area contributed by atoms with Crippen molar-refractivity contribution in [2.24, 2.45) is 5.92 Å². The number of benzene rings is 1. The minimum atomic E-state index is -0.0137. The molecule has 1 aliphatic heterocycles. The number of phenols is 1. The van der Waals surface area contributed by atoms with E-state index in [0.29, 0.717) is 5.56 Å². The molecule has 3 heteroatoms. The Labute approximate surface area is 115 Å². The van der Waals surface area contributed by atoms with Crippen molar-refractivity contribution < 1.29 is 9.90 Å². The Bertz CT molecular complexity index is 450. The highest BCUT2D eigenvalue weighted by Gasteiger charge is 2.20. The van der Waals surface area contributed by atoms with Gasteiger partial charge in [0.05, 0.1) is 0 Å². The van der Waals surface area contributed by atoms with E-state index in [0.717, 1.165) is 25.2 Å². The van der Waals surface area contributed by atoms with Gasteiger partial charge in [-0.1, -0.05) is 25.5 Å². The summed E-state index contributed by atoms with van der Waals surface area (Å²) in [6, 6.07) is 5.20. The molecule has 1 aromatic rings. The quantitative estimate of drug-likeness (QED) is 0.847. The number of carbonyl (C=O) groups excluding carboxylic acids is 1. The van der Waals surface area contributed by atoms with Gasteiger partial charge in [0.2, 0.25) is 0 Å². The third-order valence-corrected chi connectivity index (χ3v) is 3.92. The summed E-state index contributed by atoms with van der Waals surface area (Å²) in [5.41, 5.74) is 1.42. The van der Waals surface area contributed by atoms with Crippen molar-refractivity contribution in [1.82, 2.24) is 4.90 Å². The molecule has 0 spiro atoms. The highest BCUT2D eigenvalue weighted by molar-refractivity contribution is 5.98. The molecule has 0 amide bonds. The zero-order valence-corrected chi connectivity index (χ0v) is 11.9. The molecule has 2 rings (SSSR count). The lowest BCUT2D eigenvalue weighted by Gasteiger charge is -2.28. The number of rotatable bonds is 4. The van der Waals surface area contributed by atoms with Crippen LogP contribution in [0.5, 0.6) is 5.75 Å². The SMILES string of the molecule is Cc1ccc(C(=O)C(C)CN2CCCCC2)cc1O. The molecule has 1 N–H and O–H groups in total. The average Bonchev–Trinajstić information content (AvgIpc) is 2.42. The lowest BCUT2D eigenvalue weighted by Crippen LogP contribution is -2.35. The Balaban J connectivity index is 1.99. The Hall–Kier alpha value is -1.35. The average molecular weight is 261 g/mol. The molecule has 0 bridgehead atoms. The summed E-state index contributed by atoms with van der Waals surface area (Å²) in [6.07, 6.45) is 3.79. The van der Waals surface area contributed by atoms with Gasteiger partial charge in [-0.2, -0.15) is 0 Å². The van der Waals surface area contributed by atoms with E-state index in [1.165, 1.54) is 19.3 Å². The van der Waals surface area contributed by atoms with Crippen molar-refractivity contribution >= 4 is 5.78 Å². The fraction of sp³-hybridized carbons (Fsp3) is 0.562. The fourth-order valence-electron chi connectivity index (χ4n) is 2.66. The lowest BCUT2D eigenvalue weighted by molar-refractivity contribution is 0.0883. The van der Waals surface area contributed by atoms with E-state index in [4.69, 9.17) is 0 Å². The van der Waals surface area contributed by atoms with Crippen LogP contribution in [-0.4, -0.2) is 35.4 Å². The molecule has 1 atom stereocenters. The molecule has 0 aliphatic carbocycles. The van der Waals surface area contributed by atoms with Crippen molar-refractivity contribution in [2.75, 3.05) is 19.6 Å². The monoisotopic (exact) mass is 261 g/mol. The van der Waals surface area contributed by atoms with Crippen LogP contribution in [-0.2, 0) is 0 Å². The first-order valence-electron chi connectivity index (χ1n) is 7.14. The summed E-state index contributed by atoms with van der Waals surface area (Å²) >= 11 is 0. The van der Waals surface area contributed by atoms with Crippen LogP contribution < -0.4 is 0 Å². The van der Waals surface area contributed by atoms with Crippen LogP contribution >= 0.6 is 0 Å². The van der Waals surface area contributed by atoms with Crippen molar-refractivity contribution in [1.29, 1.82) is 0 Å². The van der Waals surface area contributed by atoms with Gasteiger partial charge in [-0.05, 0) is 44.5 Å². The number of carbonyl (C=O) groups is 1. The zero-order chi connectivity index (χ0) is 13.8. The van der Waals surface area contributed by atoms with E-state index in [1.54, 1.807) is 12.1 Å². The Morgan fingerprint density at radius 3 is 2.63 bits per heavy atom. The predicted molar refractivity (Wildman–Crippen MR) is 76.6 cm³/mol. The largest absolute Gasteiger partial charge is 0.508 e. The highest BCUT2D eigenvalue weighted by atomic mass is 16.3. The number of hydrogen-bond donors (Lipinski definition) is 1. The Kier molecular flexibility index (Phi) is 4.59. The predicted octanol–water partition coefficient (Wildman–Crippen LogP) is 3.01. The molecule has 0 radical (unpaired) electrons. The van der Waals surface area contributed by atoms with Crippen molar-refractivity contribution in [3.05, 3.63) is 29.3 Å². The first-order valence-corrected chi connectivity index (χ1v) is 7.14. The van der Waals surface area contributed by atoms with Gasteiger partial charge in [0.15, 0.2) is 5.78 Å². The van der Waals surface area contributed by atoms with Gasteiger partial charge in [0, 0.05) is 18.0 Å². The van der Waals surface area contributed by atoms with E-state index in [2.05, 4.69) is 4.90 Å². The first-order chi connectivity index (χ1) is 9.08. The van der Waals surface area contributed by atoms with Gasteiger partial charge in [-0.25, -0.2) is 0 Å². The van der Waals surface area contributed by atoms with E-state index in [1.807, 2.05) is 19.9 Å². The van der Waals surface area contributed by atoms with Gasteiger partial charge in [-0.3, -0.25) is 4.79 Å². The third kappa shape index (κ3) is 3.57. The maximum Gasteiger partial charge on any atom is 0.167 e. The molecule has 1 saturated heterocycles. The summed E-state index contributed by atoms with van der Waals surface area (Å²) in [5.74, 6) is 0.317. The van der Waals surface area contributed by atoms with E-state index < -0.39 is 0 Å². The van der Waals surface area contributed by atoms with Crippen molar-refractivity contribution in [2.45, 2.75) is 33.1 Å². The molecular formula is C16H23NO2. The van der Waals surface area contributed by atoms with Gasteiger partial charge >= 0.3 is 0 Å². The molecule has 1 heterocycles. The summed E-state index contributed by atoms with van der Waals surface area (Å²) in [4.78, 5) is 14.7. The smallest absolute Gasteiger partial charge is 0.167 e. The van der Waals surface area contributed by atoms with Crippen LogP contribution in [0.15, 0.2) is 18.2 Å². The second-order valence-corrected chi connectivity index (χ2v) is 5.63. The number of likely N-dealkylation sites (tertiary alicyclic amines) is 1. The molecule has 3 nitrogen and oxygen atoms in total. The Morgan fingerprint density at radius 2 is 2.00 bits per heavy atom. The molecule has 1 unspecified atom stereocenters. The molecule has 19 heavy (non-hydrogen) atoms. The second-order valence-electron chi connectivity index (χ2n) is 5.63. The Morgan fingerprint density at radius 1 is 1.32 bits per heavy atom. The summed E-state index contributed by atoms with van der Waals surface area (Å²) in [6.45, 7) is 6.86. The van der Waals surface area contributed by atoms with Gasteiger partial charge < -0.3 is 10.0 Å². The summed E-state index contributed by atoms with van der Waals surface area (Å²) < 4.78 is 0. The number of aryl methyl sites for hydroxylation is 1. The van der Waals surface area contributed by atoms with Crippen LogP contribution in [0.25, 0.3) is 0 Å². The minimum Gasteiger partial charge on any atom is -0.508 e. The highest BCUT2D eigenvalue weighted by Crippen LogP contribution is 2.20. The van der Waals surface area contributed by atoms with E-state index in [9.17, 15) is 9.90 Å². The number of Topliss-reactive ketones (excluding diaryl/α,β-unsaturated/α-hetero) is 1. The summed E-state index contributed by atoms with van der Waals surface area (Å²) in [5, 5.41) is 9.69. The fourth-order valence-corrected chi connectivity index (χ4v) is 2.66. The standard InChI is InChI=1S/C16H23NO2/c1-12-6-7-14(10-15(12)18)16(19)13(2)11-17-8-4-3-5-9-17/h6-7,10,13,18H,3-5,8-9,11H2,1-2H3. The molecule has 1 aliphatic rings. The molecular weight excluding hydrogens is 238 g/mol. The maximum absolute atomic E-state index is 12.3. The van der Waals surface area contributed by atoms with Crippen molar-refractivity contribution in [3.63, 3.8) is 0 Å². The number of aromatic hydroxyl groups is 1. The van der Waals surface area contributed by atoms with Crippen LogP contribution in [0.3, 0.4) is 0 Å². The van der Waals surface area contributed by atoms with Crippen LogP contribution in [0.4, 0.5) is 0 Å². The van der Waals surface area contributed by atoms with Gasteiger partial charge in [-0.15, -0.1) is 0 Å².